The van der Waals surface area contributed by atoms with Crippen LogP contribution in [0.15, 0.2) is 57.5 Å². The fourth-order valence-electron chi connectivity index (χ4n) is 3.99. The number of amides is 1. The SMILES string of the molecule is CN(C)CCCN1C(=O)C(=O)/C(=C(/O)c2ccc3c(c2)oc(=O)n3C)[C@H]1c1cccnc1. The molecule has 1 amide bonds. The molecule has 0 unspecified atom stereocenters. The summed E-state index contributed by atoms with van der Waals surface area (Å²) in [5.74, 6) is -2.26. The van der Waals surface area contributed by atoms with E-state index in [0.29, 0.717) is 24.0 Å². The van der Waals surface area contributed by atoms with Crippen LogP contribution < -0.4 is 5.76 Å². The van der Waals surface area contributed by atoms with Crippen LogP contribution in [0.1, 0.15) is 23.6 Å². The zero-order chi connectivity index (χ0) is 23.0. The third-order valence-corrected chi connectivity index (χ3v) is 5.61. The molecule has 1 atom stereocenters. The van der Waals surface area contributed by atoms with Crippen molar-refractivity contribution in [3.63, 3.8) is 0 Å². The van der Waals surface area contributed by atoms with E-state index in [4.69, 9.17) is 4.42 Å². The summed E-state index contributed by atoms with van der Waals surface area (Å²) in [6.07, 6.45) is 3.85. The van der Waals surface area contributed by atoms with Crippen LogP contribution >= 0.6 is 0 Å². The van der Waals surface area contributed by atoms with Crippen molar-refractivity contribution in [2.75, 3.05) is 27.2 Å². The second kappa shape index (κ2) is 8.43. The fourth-order valence-corrected chi connectivity index (χ4v) is 3.99. The zero-order valence-corrected chi connectivity index (χ0v) is 18.1. The van der Waals surface area contributed by atoms with Gasteiger partial charge in [0.15, 0.2) is 5.58 Å². The summed E-state index contributed by atoms with van der Waals surface area (Å²) in [6, 6.07) is 7.44. The molecule has 1 fully saturated rings. The van der Waals surface area contributed by atoms with Crippen LogP contribution in [0.4, 0.5) is 0 Å². The first-order chi connectivity index (χ1) is 15.3. The minimum Gasteiger partial charge on any atom is -0.507 e. The van der Waals surface area contributed by atoms with Gasteiger partial charge in [-0.15, -0.1) is 0 Å². The monoisotopic (exact) mass is 436 g/mol. The number of nitrogens with zero attached hydrogens (tertiary/aromatic N) is 4. The average Bonchev–Trinajstić information content (AvgIpc) is 3.20. The van der Waals surface area contributed by atoms with Crippen molar-refractivity contribution >= 4 is 28.5 Å². The van der Waals surface area contributed by atoms with Gasteiger partial charge in [0.2, 0.25) is 0 Å². The van der Waals surface area contributed by atoms with Gasteiger partial charge in [0.05, 0.1) is 17.1 Å². The van der Waals surface area contributed by atoms with E-state index >= 15 is 0 Å². The van der Waals surface area contributed by atoms with E-state index in [2.05, 4.69) is 4.98 Å². The van der Waals surface area contributed by atoms with E-state index in [0.717, 1.165) is 6.54 Å². The number of aromatic nitrogens is 2. The van der Waals surface area contributed by atoms with Crippen LogP contribution in [0.3, 0.4) is 0 Å². The number of aliphatic hydroxyl groups is 1. The molecule has 0 spiro atoms. The molecule has 9 heteroatoms. The Morgan fingerprint density at radius 1 is 1.22 bits per heavy atom. The quantitative estimate of drug-likeness (QED) is 0.357. The van der Waals surface area contributed by atoms with Gasteiger partial charge in [-0.25, -0.2) is 4.79 Å². The maximum Gasteiger partial charge on any atom is 0.419 e. The minimum absolute atomic E-state index is 0.00881. The summed E-state index contributed by atoms with van der Waals surface area (Å²) < 4.78 is 6.55. The normalized spacial score (nSPS) is 18.2. The molecule has 3 aromatic rings. The predicted octanol–water partition coefficient (Wildman–Crippen LogP) is 1.90. The van der Waals surface area contributed by atoms with Gasteiger partial charge in [0.1, 0.15) is 5.76 Å². The molecule has 0 aliphatic carbocycles. The van der Waals surface area contributed by atoms with Gasteiger partial charge >= 0.3 is 5.76 Å². The number of rotatable bonds is 6. The standard InChI is InChI=1S/C23H24N4O5/c1-25(2)10-5-11-27-19(15-6-4-9-24-13-15)18(21(29)22(27)30)20(28)14-7-8-16-17(12-14)32-23(31)26(16)3/h4,6-9,12-13,19,28H,5,10-11H2,1-3H3/b20-18+/t19-/m1/s1. The molecule has 1 aromatic carbocycles. The Morgan fingerprint density at radius 2 is 2.00 bits per heavy atom. The Bertz CT molecular complexity index is 1270. The molecule has 0 saturated carbocycles. The van der Waals surface area contributed by atoms with E-state index < -0.39 is 23.5 Å². The maximum atomic E-state index is 13.0. The topological polar surface area (TPSA) is 109 Å². The van der Waals surface area contributed by atoms with Crippen molar-refractivity contribution in [3.05, 3.63) is 70.0 Å². The molecule has 32 heavy (non-hydrogen) atoms. The molecule has 166 valence electrons. The van der Waals surface area contributed by atoms with Crippen LogP contribution in [-0.2, 0) is 16.6 Å². The van der Waals surface area contributed by atoms with Crippen LogP contribution in [0.25, 0.3) is 16.9 Å². The van der Waals surface area contributed by atoms with E-state index in [1.54, 1.807) is 43.7 Å². The number of Topliss-reactive ketones (excluding diaryl/α,β-unsaturated/α-hetero) is 1. The van der Waals surface area contributed by atoms with Crippen molar-refractivity contribution < 1.29 is 19.1 Å². The van der Waals surface area contributed by atoms with E-state index in [9.17, 15) is 19.5 Å². The number of carbonyl (C=O) groups excluding carboxylic acids is 2. The number of benzene rings is 1. The molecule has 4 rings (SSSR count). The van der Waals surface area contributed by atoms with Gasteiger partial charge in [-0.3, -0.25) is 19.1 Å². The summed E-state index contributed by atoms with van der Waals surface area (Å²) in [7, 11) is 5.45. The predicted molar refractivity (Wildman–Crippen MR) is 118 cm³/mol. The summed E-state index contributed by atoms with van der Waals surface area (Å²) >= 11 is 0. The lowest BCUT2D eigenvalue weighted by molar-refractivity contribution is -0.139. The number of hydrogen-bond acceptors (Lipinski definition) is 7. The Labute approximate surface area is 184 Å². The number of ketones is 1. The maximum absolute atomic E-state index is 13.0. The number of fused-ring (bicyclic) bond motifs is 1. The van der Waals surface area contributed by atoms with Crippen LogP contribution in [0, 0.1) is 0 Å². The fraction of sp³-hybridized carbons (Fsp3) is 0.304. The average molecular weight is 436 g/mol. The highest BCUT2D eigenvalue weighted by molar-refractivity contribution is 6.46. The molecule has 2 aromatic heterocycles. The Morgan fingerprint density at radius 3 is 2.69 bits per heavy atom. The third-order valence-electron chi connectivity index (χ3n) is 5.61. The molecule has 3 heterocycles. The summed E-state index contributed by atoms with van der Waals surface area (Å²) in [6.45, 7) is 1.10. The number of oxazole rings is 1. The summed E-state index contributed by atoms with van der Waals surface area (Å²) in [4.78, 5) is 45.3. The van der Waals surface area contributed by atoms with Crippen molar-refractivity contribution in [2.24, 2.45) is 7.05 Å². The van der Waals surface area contributed by atoms with Crippen LogP contribution in [0.2, 0.25) is 0 Å². The van der Waals surface area contributed by atoms with Gasteiger partial charge in [0, 0.05) is 31.5 Å². The molecule has 1 aliphatic rings. The Balaban J connectivity index is 1.82. The largest absolute Gasteiger partial charge is 0.507 e. The summed E-state index contributed by atoms with van der Waals surface area (Å²) in [5.41, 5.74) is 1.74. The Kier molecular flexibility index (Phi) is 5.67. The molecular formula is C23H24N4O5. The van der Waals surface area contributed by atoms with Gasteiger partial charge in [0.25, 0.3) is 11.7 Å². The molecule has 0 bridgehead atoms. The molecular weight excluding hydrogens is 412 g/mol. The number of hydrogen-bond donors (Lipinski definition) is 1. The van der Waals surface area contributed by atoms with Crippen molar-refractivity contribution in [3.8, 4) is 0 Å². The highest BCUT2D eigenvalue weighted by Crippen LogP contribution is 2.39. The number of pyridine rings is 1. The van der Waals surface area contributed by atoms with E-state index in [1.165, 1.54) is 15.5 Å². The lowest BCUT2D eigenvalue weighted by Crippen LogP contribution is -2.32. The van der Waals surface area contributed by atoms with Gasteiger partial charge < -0.3 is 19.3 Å². The van der Waals surface area contributed by atoms with Gasteiger partial charge in [-0.2, -0.15) is 0 Å². The first-order valence-corrected chi connectivity index (χ1v) is 10.2. The highest BCUT2D eigenvalue weighted by atomic mass is 16.4. The number of aryl methyl sites for hydroxylation is 1. The molecule has 1 saturated heterocycles. The number of likely N-dealkylation sites (tertiary alicyclic amines) is 1. The first-order valence-electron chi connectivity index (χ1n) is 10.2. The van der Waals surface area contributed by atoms with Gasteiger partial charge in [-0.05, 0) is 56.9 Å². The van der Waals surface area contributed by atoms with E-state index in [-0.39, 0.29) is 22.5 Å². The van der Waals surface area contributed by atoms with Crippen molar-refractivity contribution in [2.45, 2.75) is 12.5 Å². The minimum atomic E-state index is -0.760. The first kappa shape index (κ1) is 21.5. The van der Waals surface area contributed by atoms with Crippen molar-refractivity contribution in [1.29, 1.82) is 0 Å². The zero-order valence-electron chi connectivity index (χ0n) is 18.1. The highest BCUT2D eigenvalue weighted by Gasteiger charge is 2.45. The molecule has 0 radical (unpaired) electrons. The molecule has 9 nitrogen and oxygen atoms in total. The molecule has 1 aliphatic heterocycles. The van der Waals surface area contributed by atoms with Crippen LogP contribution in [-0.4, -0.2) is 63.3 Å². The van der Waals surface area contributed by atoms with Crippen molar-refractivity contribution in [1.82, 2.24) is 19.4 Å². The second-order valence-corrected chi connectivity index (χ2v) is 8.05. The van der Waals surface area contributed by atoms with E-state index in [1.807, 2.05) is 19.0 Å². The smallest absolute Gasteiger partial charge is 0.419 e. The summed E-state index contributed by atoms with van der Waals surface area (Å²) in [5, 5.41) is 11.1. The second-order valence-electron chi connectivity index (χ2n) is 8.05. The third kappa shape index (κ3) is 3.71. The molecule has 1 N–H and O–H groups in total. The Hall–Kier alpha value is -3.72. The van der Waals surface area contributed by atoms with Gasteiger partial charge in [-0.1, -0.05) is 6.07 Å². The lowest BCUT2D eigenvalue weighted by Gasteiger charge is -2.25. The lowest BCUT2D eigenvalue weighted by atomic mass is 9.96. The number of carbonyl (C=O) groups is 2. The van der Waals surface area contributed by atoms with Crippen LogP contribution in [0.5, 0.6) is 0 Å². The number of aliphatic hydroxyl groups excluding tert-OH is 1.